The Hall–Kier alpha value is -3.63. The Balaban J connectivity index is 1.73. The summed E-state index contributed by atoms with van der Waals surface area (Å²) in [7, 11) is 0. The van der Waals surface area contributed by atoms with E-state index in [1.807, 2.05) is 0 Å². The molecule has 1 aromatic heterocycles. The van der Waals surface area contributed by atoms with E-state index in [0.29, 0.717) is 6.07 Å². The van der Waals surface area contributed by atoms with E-state index in [0.717, 1.165) is 18.2 Å². The van der Waals surface area contributed by atoms with Gasteiger partial charge in [0.15, 0.2) is 11.6 Å². The first-order chi connectivity index (χ1) is 13.6. The Morgan fingerprint density at radius 1 is 1.17 bits per heavy atom. The molecule has 0 saturated carbocycles. The minimum absolute atomic E-state index is 0.00551. The van der Waals surface area contributed by atoms with Crippen LogP contribution >= 0.6 is 0 Å². The van der Waals surface area contributed by atoms with E-state index in [1.54, 1.807) is 0 Å². The Bertz CT molecular complexity index is 1050. The molecule has 0 atom stereocenters. The van der Waals surface area contributed by atoms with Gasteiger partial charge in [0, 0.05) is 11.6 Å². The van der Waals surface area contributed by atoms with Crippen LogP contribution in [0.15, 0.2) is 42.5 Å². The number of benzene rings is 2. The van der Waals surface area contributed by atoms with Gasteiger partial charge in [-0.05, 0) is 24.3 Å². The standard InChI is InChI=1S/C18H12F5N3O3/c19-9-5-12(16(27)13(20)6-9)14-7-10(25-26-14)8-24-17(28)11-3-1-2-4-15(11)29-18(21,22)23/h1-7,27H,8H2,(H,24,28)(H,25,26). The van der Waals surface area contributed by atoms with E-state index in [1.165, 1.54) is 18.2 Å². The summed E-state index contributed by atoms with van der Waals surface area (Å²) in [5.41, 5.74) is -0.271. The van der Waals surface area contributed by atoms with Gasteiger partial charge in [-0.15, -0.1) is 13.2 Å². The van der Waals surface area contributed by atoms with E-state index in [-0.39, 0.29) is 29.1 Å². The van der Waals surface area contributed by atoms with Crippen LogP contribution in [0.5, 0.6) is 11.5 Å². The molecular weight excluding hydrogens is 401 g/mol. The smallest absolute Gasteiger partial charge is 0.504 e. The number of carbonyl (C=O) groups excluding carboxylic acids is 1. The molecule has 0 fully saturated rings. The number of hydrogen-bond donors (Lipinski definition) is 3. The number of hydrogen-bond acceptors (Lipinski definition) is 4. The number of nitrogens with zero attached hydrogens (tertiary/aromatic N) is 1. The van der Waals surface area contributed by atoms with Gasteiger partial charge in [0.25, 0.3) is 5.91 Å². The first-order valence-electron chi connectivity index (χ1n) is 7.99. The fourth-order valence-corrected chi connectivity index (χ4v) is 2.49. The van der Waals surface area contributed by atoms with Gasteiger partial charge in [-0.2, -0.15) is 5.10 Å². The fraction of sp³-hybridized carbons (Fsp3) is 0.111. The molecule has 3 aromatic rings. The van der Waals surface area contributed by atoms with E-state index >= 15 is 0 Å². The molecule has 152 valence electrons. The van der Waals surface area contributed by atoms with Crippen LogP contribution in [0.2, 0.25) is 0 Å². The molecule has 0 aliphatic heterocycles. The second-order valence-electron chi connectivity index (χ2n) is 5.79. The maximum Gasteiger partial charge on any atom is 0.573 e. The lowest BCUT2D eigenvalue weighted by Crippen LogP contribution is -2.25. The molecule has 0 unspecified atom stereocenters. The second kappa shape index (κ2) is 7.78. The number of amides is 1. The molecule has 0 aliphatic carbocycles. The molecule has 1 heterocycles. The van der Waals surface area contributed by atoms with Crippen LogP contribution in [-0.4, -0.2) is 27.6 Å². The highest BCUT2D eigenvalue weighted by atomic mass is 19.4. The molecule has 6 nitrogen and oxygen atoms in total. The minimum Gasteiger partial charge on any atom is -0.504 e. The molecule has 0 bridgehead atoms. The van der Waals surface area contributed by atoms with Gasteiger partial charge in [0.2, 0.25) is 0 Å². The summed E-state index contributed by atoms with van der Waals surface area (Å²) in [5, 5.41) is 18.4. The molecule has 3 N–H and O–H groups in total. The Kier molecular flexibility index (Phi) is 5.39. The van der Waals surface area contributed by atoms with Gasteiger partial charge in [-0.1, -0.05) is 12.1 Å². The summed E-state index contributed by atoms with van der Waals surface area (Å²) < 4.78 is 68.0. The number of phenols is 1. The number of aromatic hydroxyl groups is 1. The lowest BCUT2D eigenvalue weighted by atomic mass is 10.1. The molecule has 29 heavy (non-hydrogen) atoms. The van der Waals surface area contributed by atoms with Crippen molar-refractivity contribution in [1.82, 2.24) is 15.5 Å². The quantitative estimate of drug-likeness (QED) is 0.554. The summed E-state index contributed by atoms with van der Waals surface area (Å²) >= 11 is 0. The Morgan fingerprint density at radius 3 is 2.62 bits per heavy atom. The number of halogens is 5. The second-order valence-corrected chi connectivity index (χ2v) is 5.79. The van der Waals surface area contributed by atoms with Crippen LogP contribution in [0.4, 0.5) is 22.0 Å². The van der Waals surface area contributed by atoms with Gasteiger partial charge in [0.1, 0.15) is 11.6 Å². The summed E-state index contributed by atoms with van der Waals surface area (Å²) in [6.07, 6.45) is -4.96. The number of aromatic amines is 1. The number of phenolic OH excluding ortho intramolecular Hbond substituents is 1. The van der Waals surface area contributed by atoms with E-state index in [9.17, 15) is 31.9 Å². The zero-order chi connectivity index (χ0) is 21.2. The highest BCUT2D eigenvalue weighted by Crippen LogP contribution is 2.31. The monoisotopic (exact) mass is 413 g/mol. The van der Waals surface area contributed by atoms with Crippen molar-refractivity contribution >= 4 is 5.91 Å². The van der Waals surface area contributed by atoms with Gasteiger partial charge in [-0.25, -0.2) is 8.78 Å². The normalized spacial score (nSPS) is 11.3. The molecule has 0 saturated heterocycles. The number of alkyl halides is 3. The van der Waals surface area contributed by atoms with E-state index in [4.69, 9.17) is 0 Å². The summed E-state index contributed by atoms with van der Waals surface area (Å²) in [6.45, 7) is -0.190. The van der Waals surface area contributed by atoms with E-state index < -0.39 is 35.4 Å². The number of nitrogens with one attached hydrogen (secondary N) is 2. The van der Waals surface area contributed by atoms with Crippen molar-refractivity contribution < 1.29 is 36.6 Å². The summed E-state index contributed by atoms with van der Waals surface area (Å²) in [5.74, 6) is -4.40. The van der Waals surface area contributed by atoms with Crippen molar-refractivity contribution in [2.45, 2.75) is 12.9 Å². The molecule has 0 radical (unpaired) electrons. The number of ether oxygens (including phenoxy) is 1. The summed E-state index contributed by atoms with van der Waals surface area (Å²) in [6, 6.07) is 7.50. The molecule has 11 heteroatoms. The third-order valence-corrected chi connectivity index (χ3v) is 3.73. The van der Waals surface area contributed by atoms with Gasteiger partial charge in [-0.3, -0.25) is 9.89 Å². The lowest BCUT2D eigenvalue weighted by molar-refractivity contribution is -0.274. The summed E-state index contributed by atoms with van der Waals surface area (Å²) in [4.78, 5) is 12.2. The van der Waals surface area contributed by atoms with Gasteiger partial charge >= 0.3 is 6.36 Å². The maximum atomic E-state index is 13.5. The first kappa shape index (κ1) is 20.1. The van der Waals surface area contributed by atoms with Gasteiger partial charge < -0.3 is 15.2 Å². The van der Waals surface area contributed by atoms with Crippen LogP contribution in [-0.2, 0) is 6.54 Å². The predicted octanol–water partition coefficient (Wildman–Crippen LogP) is 3.89. The van der Waals surface area contributed by atoms with Crippen LogP contribution in [0.25, 0.3) is 11.3 Å². The van der Waals surface area contributed by atoms with Gasteiger partial charge in [0.05, 0.1) is 23.5 Å². The zero-order valence-electron chi connectivity index (χ0n) is 14.3. The topological polar surface area (TPSA) is 87.2 Å². The third-order valence-electron chi connectivity index (χ3n) is 3.73. The molecule has 1 amide bonds. The number of H-pyrrole nitrogens is 1. The SMILES string of the molecule is O=C(NCc1cc(-c2cc(F)cc(F)c2O)n[nH]1)c1ccccc1OC(F)(F)F. The van der Waals surface area contributed by atoms with Crippen molar-refractivity contribution in [3.63, 3.8) is 0 Å². The number of carbonyl (C=O) groups is 1. The average Bonchev–Trinajstić information content (AvgIpc) is 3.10. The zero-order valence-corrected chi connectivity index (χ0v) is 14.3. The highest BCUT2D eigenvalue weighted by molar-refractivity contribution is 5.96. The van der Waals surface area contributed by atoms with Crippen LogP contribution in [0.3, 0.4) is 0 Å². The van der Waals surface area contributed by atoms with Crippen molar-refractivity contribution in [3.05, 3.63) is 65.4 Å². The Morgan fingerprint density at radius 2 is 1.90 bits per heavy atom. The predicted molar refractivity (Wildman–Crippen MR) is 89.9 cm³/mol. The van der Waals surface area contributed by atoms with Crippen molar-refractivity contribution in [2.75, 3.05) is 0 Å². The first-order valence-corrected chi connectivity index (χ1v) is 7.99. The molecule has 2 aromatic carbocycles. The van der Waals surface area contributed by atoms with Crippen molar-refractivity contribution in [2.24, 2.45) is 0 Å². The third kappa shape index (κ3) is 4.81. The van der Waals surface area contributed by atoms with Crippen molar-refractivity contribution in [3.8, 4) is 22.8 Å². The van der Waals surface area contributed by atoms with Crippen LogP contribution in [0, 0.1) is 11.6 Å². The highest BCUT2D eigenvalue weighted by Gasteiger charge is 2.32. The molecule has 0 spiro atoms. The fourth-order valence-electron chi connectivity index (χ4n) is 2.49. The maximum absolute atomic E-state index is 13.5. The minimum atomic E-state index is -4.96. The lowest BCUT2D eigenvalue weighted by Gasteiger charge is -2.12. The van der Waals surface area contributed by atoms with E-state index in [2.05, 4.69) is 20.3 Å². The molecular formula is C18H12F5N3O3. The average molecular weight is 413 g/mol. The number of rotatable bonds is 5. The number of aromatic nitrogens is 2. The molecule has 3 rings (SSSR count). The van der Waals surface area contributed by atoms with Crippen LogP contribution in [0.1, 0.15) is 16.1 Å². The Labute approximate surface area is 159 Å². The van der Waals surface area contributed by atoms with Crippen molar-refractivity contribution in [1.29, 1.82) is 0 Å². The molecule has 0 aliphatic rings. The number of para-hydroxylation sites is 1. The largest absolute Gasteiger partial charge is 0.573 e. The van der Waals surface area contributed by atoms with Crippen LogP contribution < -0.4 is 10.1 Å².